The fraction of sp³-hybridized carbons (Fsp3) is 0. The van der Waals surface area contributed by atoms with E-state index in [2.05, 4.69) is 47.1 Å². The lowest BCUT2D eigenvalue weighted by Crippen LogP contribution is -1.94. The van der Waals surface area contributed by atoms with Gasteiger partial charge in [0.05, 0.1) is 16.7 Å². The molecule has 18 heavy (non-hydrogen) atoms. The third kappa shape index (κ3) is 2.15. The zero-order valence-corrected chi connectivity index (χ0v) is 12.4. The Hall–Kier alpha value is -1.33. The van der Waals surface area contributed by atoms with E-state index in [0.29, 0.717) is 0 Å². The van der Waals surface area contributed by atoms with Gasteiger partial charge in [0.2, 0.25) is 5.95 Å². The molecule has 0 radical (unpaired) electrons. The largest absolute Gasteiger partial charge is 0.324 e. The number of imidazole rings is 1. The van der Waals surface area contributed by atoms with Crippen LogP contribution in [0.1, 0.15) is 0 Å². The Morgan fingerprint density at radius 3 is 2.39 bits per heavy atom. The number of halogens is 2. The molecule has 0 aliphatic carbocycles. The lowest BCUT2D eigenvalue weighted by Gasteiger charge is -2.07. The Morgan fingerprint density at radius 2 is 1.67 bits per heavy atom. The maximum Gasteiger partial charge on any atom is 0.205 e. The predicted octanol–water partition coefficient (Wildman–Crippen LogP) is 4.83. The van der Waals surface area contributed by atoms with Crippen LogP contribution >= 0.6 is 31.9 Å². The predicted molar refractivity (Wildman–Crippen MR) is 81.2 cm³/mol. The van der Waals surface area contributed by atoms with Crippen LogP contribution in [0.4, 0.5) is 11.6 Å². The van der Waals surface area contributed by atoms with Crippen LogP contribution in [0.15, 0.2) is 51.4 Å². The lowest BCUT2D eigenvalue weighted by atomic mass is 10.3. The first-order valence-corrected chi connectivity index (χ1v) is 6.98. The van der Waals surface area contributed by atoms with Crippen molar-refractivity contribution in [3.8, 4) is 0 Å². The number of benzene rings is 2. The average Bonchev–Trinajstić information content (AvgIpc) is 2.76. The molecule has 2 aromatic carbocycles. The van der Waals surface area contributed by atoms with Crippen molar-refractivity contribution in [2.75, 3.05) is 5.32 Å². The monoisotopic (exact) mass is 365 g/mol. The minimum Gasteiger partial charge on any atom is -0.324 e. The molecular weight excluding hydrogens is 358 g/mol. The van der Waals surface area contributed by atoms with Gasteiger partial charge in [0.25, 0.3) is 0 Å². The molecule has 0 spiro atoms. The summed E-state index contributed by atoms with van der Waals surface area (Å²) in [5, 5.41) is 3.27. The normalized spacial score (nSPS) is 10.8. The maximum atomic E-state index is 4.48. The van der Waals surface area contributed by atoms with Crippen molar-refractivity contribution in [2.24, 2.45) is 0 Å². The summed E-state index contributed by atoms with van der Waals surface area (Å²) in [6, 6.07) is 13.9. The average molecular weight is 367 g/mol. The summed E-state index contributed by atoms with van der Waals surface area (Å²) in [6.07, 6.45) is 0. The van der Waals surface area contributed by atoms with Crippen LogP contribution in [0.2, 0.25) is 0 Å². The number of aromatic nitrogens is 2. The Labute approximate surface area is 121 Å². The van der Waals surface area contributed by atoms with E-state index >= 15 is 0 Å². The lowest BCUT2D eigenvalue weighted by molar-refractivity contribution is 1.30. The Kier molecular flexibility index (Phi) is 3.09. The Morgan fingerprint density at radius 1 is 0.944 bits per heavy atom. The molecule has 0 fully saturated rings. The molecule has 0 unspecified atom stereocenters. The van der Waals surface area contributed by atoms with E-state index < -0.39 is 0 Å². The van der Waals surface area contributed by atoms with Crippen LogP contribution in [0.3, 0.4) is 0 Å². The summed E-state index contributed by atoms with van der Waals surface area (Å²) in [6.45, 7) is 0. The van der Waals surface area contributed by atoms with Crippen molar-refractivity contribution in [3.63, 3.8) is 0 Å². The second kappa shape index (κ2) is 4.74. The minimum absolute atomic E-state index is 0.726. The molecule has 0 atom stereocenters. The molecule has 0 aliphatic heterocycles. The van der Waals surface area contributed by atoms with E-state index in [1.807, 2.05) is 42.5 Å². The summed E-state index contributed by atoms with van der Waals surface area (Å²) >= 11 is 7.03. The van der Waals surface area contributed by atoms with E-state index in [1.54, 1.807) is 0 Å². The number of aromatic amines is 1. The highest BCUT2D eigenvalue weighted by Crippen LogP contribution is 2.32. The third-order valence-electron chi connectivity index (χ3n) is 2.60. The van der Waals surface area contributed by atoms with E-state index in [-0.39, 0.29) is 0 Å². The molecule has 0 amide bonds. The number of nitrogens with one attached hydrogen (secondary N) is 2. The van der Waals surface area contributed by atoms with Crippen LogP contribution in [0.5, 0.6) is 0 Å². The summed E-state index contributed by atoms with van der Waals surface area (Å²) in [4.78, 5) is 7.72. The molecule has 90 valence electrons. The van der Waals surface area contributed by atoms with E-state index in [4.69, 9.17) is 0 Å². The van der Waals surface area contributed by atoms with Crippen LogP contribution < -0.4 is 5.32 Å². The van der Waals surface area contributed by atoms with Crippen LogP contribution in [0, 0.1) is 0 Å². The molecule has 3 nitrogen and oxygen atoms in total. The molecule has 1 heterocycles. The van der Waals surface area contributed by atoms with Crippen molar-refractivity contribution in [3.05, 3.63) is 51.4 Å². The number of H-pyrrole nitrogens is 1. The molecule has 0 aliphatic rings. The highest BCUT2D eigenvalue weighted by molar-refractivity contribution is 9.11. The van der Waals surface area contributed by atoms with E-state index in [1.165, 1.54) is 0 Å². The molecule has 0 saturated heterocycles. The number of anilines is 2. The van der Waals surface area contributed by atoms with Crippen LogP contribution in [-0.4, -0.2) is 9.97 Å². The van der Waals surface area contributed by atoms with Crippen molar-refractivity contribution in [1.29, 1.82) is 0 Å². The standard InChI is InChI=1S/C13H9Br2N3/c14-8-4-3-5-9(15)12(8)18-13-16-10-6-1-2-7-11(10)17-13/h1-7H,(H2,16,17,18). The smallest absolute Gasteiger partial charge is 0.205 e. The highest BCUT2D eigenvalue weighted by Gasteiger charge is 2.07. The topological polar surface area (TPSA) is 40.7 Å². The van der Waals surface area contributed by atoms with Gasteiger partial charge < -0.3 is 10.3 Å². The third-order valence-corrected chi connectivity index (χ3v) is 3.92. The molecule has 0 bridgehead atoms. The van der Waals surface area contributed by atoms with E-state index in [0.717, 1.165) is 31.6 Å². The first-order valence-electron chi connectivity index (χ1n) is 5.40. The number of hydrogen-bond acceptors (Lipinski definition) is 2. The first kappa shape index (κ1) is 11.7. The van der Waals surface area contributed by atoms with Gasteiger partial charge in [0.1, 0.15) is 0 Å². The van der Waals surface area contributed by atoms with Crippen molar-refractivity contribution < 1.29 is 0 Å². The van der Waals surface area contributed by atoms with Crippen LogP contribution in [-0.2, 0) is 0 Å². The number of hydrogen-bond donors (Lipinski definition) is 2. The first-order chi connectivity index (χ1) is 8.74. The second-order valence-electron chi connectivity index (χ2n) is 3.82. The fourth-order valence-electron chi connectivity index (χ4n) is 1.75. The molecular formula is C13H9Br2N3. The van der Waals surface area contributed by atoms with Crippen molar-refractivity contribution in [2.45, 2.75) is 0 Å². The molecule has 1 aromatic heterocycles. The van der Waals surface area contributed by atoms with Crippen molar-refractivity contribution >= 4 is 54.5 Å². The quantitative estimate of drug-likeness (QED) is 0.681. The maximum absolute atomic E-state index is 4.48. The molecule has 3 rings (SSSR count). The number of nitrogens with zero attached hydrogens (tertiary/aromatic N) is 1. The summed E-state index contributed by atoms with van der Waals surface area (Å²) in [7, 11) is 0. The van der Waals surface area contributed by atoms with E-state index in [9.17, 15) is 0 Å². The van der Waals surface area contributed by atoms with Crippen molar-refractivity contribution in [1.82, 2.24) is 9.97 Å². The number of para-hydroxylation sites is 3. The van der Waals surface area contributed by atoms with Gasteiger partial charge in [0.15, 0.2) is 0 Å². The van der Waals surface area contributed by atoms with Gasteiger partial charge in [-0.25, -0.2) is 4.98 Å². The van der Waals surface area contributed by atoms with Gasteiger partial charge >= 0.3 is 0 Å². The molecule has 0 saturated carbocycles. The molecule has 5 heteroatoms. The zero-order chi connectivity index (χ0) is 12.5. The summed E-state index contributed by atoms with van der Waals surface area (Å²) < 4.78 is 1.97. The summed E-state index contributed by atoms with van der Waals surface area (Å²) in [5.41, 5.74) is 2.92. The van der Waals surface area contributed by atoms with Gasteiger partial charge in [-0.05, 0) is 56.1 Å². The van der Waals surface area contributed by atoms with Gasteiger partial charge in [-0.3, -0.25) is 0 Å². The molecule has 2 N–H and O–H groups in total. The Bertz CT molecular complexity index is 653. The van der Waals surface area contributed by atoms with Crippen LogP contribution in [0.25, 0.3) is 11.0 Å². The zero-order valence-electron chi connectivity index (χ0n) is 9.24. The van der Waals surface area contributed by atoms with Gasteiger partial charge in [-0.2, -0.15) is 0 Å². The van der Waals surface area contributed by atoms with Gasteiger partial charge in [0, 0.05) is 8.95 Å². The fourth-order valence-corrected chi connectivity index (χ4v) is 2.94. The number of fused-ring (bicyclic) bond motifs is 1. The van der Waals surface area contributed by atoms with Gasteiger partial charge in [-0.1, -0.05) is 18.2 Å². The number of rotatable bonds is 2. The highest BCUT2D eigenvalue weighted by atomic mass is 79.9. The molecule has 3 aromatic rings. The SMILES string of the molecule is Brc1cccc(Br)c1Nc1nc2ccccc2[nH]1. The summed E-state index contributed by atoms with van der Waals surface area (Å²) in [5.74, 6) is 0.726. The Balaban J connectivity index is 2.01. The minimum atomic E-state index is 0.726. The van der Waals surface area contributed by atoms with Gasteiger partial charge in [-0.15, -0.1) is 0 Å². The second-order valence-corrected chi connectivity index (χ2v) is 5.53.